The first-order valence-electron chi connectivity index (χ1n) is 12.9. The first kappa shape index (κ1) is 24.1. The molecule has 0 N–H and O–H groups in total. The van der Waals surface area contributed by atoms with Crippen molar-refractivity contribution in [3.8, 4) is 11.6 Å². The molecule has 0 aliphatic carbocycles. The highest BCUT2D eigenvalue weighted by molar-refractivity contribution is 6.30. The highest BCUT2D eigenvalue weighted by Crippen LogP contribution is 2.28. The number of fused-ring (bicyclic) bond motifs is 3. The van der Waals surface area contributed by atoms with Gasteiger partial charge in [0, 0.05) is 39.1 Å². The molecule has 0 saturated carbocycles. The van der Waals surface area contributed by atoms with Crippen molar-refractivity contribution < 1.29 is 4.42 Å². The van der Waals surface area contributed by atoms with Gasteiger partial charge in [0.25, 0.3) is 5.56 Å². The van der Waals surface area contributed by atoms with E-state index in [0.717, 1.165) is 38.7 Å². The molecule has 7 heteroatoms. The third-order valence-electron chi connectivity index (χ3n) is 7.24. The van der Waals surface area contributed by atoms with E-state index in [1.165, 1.54) is 4.68 Å². The molecular weight excluding hydrogens is 520 g/mol. The Morgan fingerprint density at radius 3 is 2.45 bits per heavy atom. The third-order valence-corrected chi connectivity index (χ3v) is 7.49. The minimum Gasteiger partial charge on any atom is -0.453 e. The molecule has 3 heterocycles. The topological polar surface area (TPSA) is 65.3 Å². The Labute approximate surface area is 234 Å². The molecule has 0 aliphatic heterocycles. The van der Waals surface area contributed by atoms with Crippen LogP contribution < -0.4 is 5.56 Å². The Morgan fingerprint density at radius 2 is 1.62 bits per heavy atom. The number of para-hydroxylation sites is 3. The van der Waals surface area contributed by atoms with Crippen molar-refractivity contribution in [3.63, 3.8) is 0 Å². The van der Waals surface area contributed by atoms with Crippen molar-refractivity contribution in [1.29, 1.82) is 0 Å². The van der Waals surface area contributed by atoms with Crippen LogP contribution in [0.4, 0.5) is 0 Å². The van der Waals surface area contributed by atoms with E-state index >= 15 is 0 Å². The molecule has 7 rings (SSSR count). The summed E-state index contributed by atoms with van der Waals surface area (Å²) in [6.07, 6.45) is 1.75. The number of hydrogen-bond donors (Lipinski definition) is 0. The molecular formula is C33H23ClN4O2. The lowest BCUT2D eigenvalue weighted by Crippen LogP contribution is -2.20. The van der Waals surface area contributed by atoms with Crippen LogP contribution in [-0.2, 0) is 6.54 Å². The molecule has 7 aromatic rings. The van der Waals surface area contributed by atoms with Gasteiger partial charge in [-0.3, -0.25) is 4.79 Å². The summed E-state index contributed by atoms with van der Waals surface area (Å²) < 4.78 is 9.70. The van der Waals surface area contributed by atoms with E-state index < -0.39 is 0 Å². The first-order valence-corrected chi connectivity index (χ1v) is 13.3. The van der Waals surface area contributed by atoms with Gasteiger partial charge in [-0.15, -0.1) is 0 Å². The second kappa shape index (κ2) is 9.67. The molecule has 0 spiro atoms. The minimum atomic E-state index is -0.264. The van der Waals surface area contributed by atoms with E-state index in [1.807, 2.05) is 84.9 Å². The molecule has 0 bridgehead atoms. The third kappa shape index (κ3) is 4.10. The first-order chi connectivity index (χ1) is 19.6. The van der Waals surface area contributed by atoms with Gasteiger partial charge in [-0.05, 0) is 55.0 Å². The molecule has 3 aromatic heterocycles. The second-order valence-electron chi connectivity index (χ2n) is 9.69. The predicted molar refractivity (Wildman–Crippen MR) is 161 cm³/mol. The number of nitrogens with zero attached hydrogens (tertiary/aromatic N) is 4. The van der Waals surface area contributed by atoms with Gasteiger partial charge in [-0.25, -0.2) is 4.98 Å². The fourth-order valence-corrected chi connectivity index (χ4v) is 5.32. The summed E-state index contributed by atoms with van der Waals surface area (Å²) in [6, 6.07) is 33.0. The summed E-state index contributed by atoms with van der Waals surface area (Å²) in [4.78, 5) is 18.5. The molecule has 194 valence electrons. The number of rotatable bonds is 5. The van der Waals surface area contributed by atoms with Crippen molar-refractivity contribution in [2.75, 3.05) is 0 Å². The molecule has 0 fully saturated rings. The standard InChI is InChI=1S/C33H23ClN4O2/c1-21-27(25-9-4-6-12-29(25)37(21)20-22-14-16-24(34)17-15-22)19-35-38-32(31-18-23-8-2-7-13-30(23)40-31)36-28-11-5-3-10-26(28)33(38)39/h2-19H,20H2,1H3. The van der Waals surface area contributed by atoms with Crippen molar-refractivity contribution in [2.24, 2.45) is 5.10 Å². The van der Waals surface area contributed by atoms with Crippen LogP contribution in [0.15, 0.2) is 117 Å². The zero-order valence-electron chi connectivity index (χ0n) is 21.6. The largest absolute Gasteiger partial charge is 0.453 e. The Hall–Kier alpha value is -4.94. The van der Waals surface area contributed by atoms with Gasteiger partial charge >= 0.3 is 0 Å². The summed E-state index contributed by atoms with van der Waals surface area (Å²) in [5.74, 6) is 0.821. The number of halogens is 1. The lowest BCUT2D eigenvalue weighted by atomic mass is 10.1. The molecule has 0 radical (unpaired) electrons. The fraction of sp³-hybridized carbons (Fsp3) is 0.0606. The molecule has 6 nitrogen and oxygen atoms in total. The van der Waals surface area contributed by atoms with E-state index in [-0.39, 0.29) is 5.56 Å². The van der Waals surface area contributed by atoms with Gasteiger partial charge < -0.3 is 8.98 Å². The number of aromatic nitrogens is 3. The normalized spacial score (nSPS) is 11.8. The van der Waals surface area contributed by atoms with E-state index in [4.69, 9.17) is 26.1 Å². The zero-order chi connectivity index (χ0) is 27.2. The summed E-state index contributed by atoms with van der Waals surface area (Å²) >= 11 is 6.11. The van der Waals surface area contributed by atoms with Crippen LogP contribution in [0, 0.1) is 6.92 Å². The molecule has 0 amide bonds. The van der Waals surface area contributed by atoms with E-state index in [1.54, 1.807) is 12.3 Å². The van der Waals surface area contributed by atoms with Gasteiger partial charge in [0.15, 0.2) is 5.76 Å². The van der Waals surface area contributed by atoms with Crippen LogP contribution in [0.1, 0.15) is 16.8 Å². The second-order valence-corrected chi connectivity index (χ2v) is 10.1. The highest BCUT2D eigenvalue weighted by atomic mass is 35.5. The summed E-state index contributed by atoms with van der Waals surface area (Å²) in [7, 11) is 0. The average molecular weight is 543 g/mol. The number of hydrogen-bond acceptors (Lipinski definition) is 4. The van der Waals surface area contributed by atoms with Crippen LogP contribution in [0.5, 0.6) is 0 Å². The molecule has 0 atom stereocenters. The van der Waals surface area contributed by atoms with Gasteiger partial charge in [-0.2, -0.15) is 9.78 Å². The SMILES string of the molecule is Cc1c(C=Nn2c(-c3cc4ccccc4o3)nc3ccccc3c2=O)c2ccccc2n1Cc1ccc(Cl)cc1. The Bertz CT molecular complexity index is 2100. The predicted octanol–water partition coefficient (Wildman–Crippen LogP) is 7.66. The highest BCUT2D eigenvalue weighted by Gasteiger charge is 2.18. The van der Waals surface area contributed by atoms with Crippen LogP contribution in [0.3, 0.4) is 0 Å². The van der Waals surface area contributed by atoms with E-state index in [2.05, 4.69) is 23.6 Å². The van der Waals surface area contributed by atoms with Crippen LogP contribution in [0.25, 0.3) is 44.4 Å². The van der Waals surface area contributed by atoms with Crippen molar-refractivity contribution in [1.82, 2.24) is 14.2 Å². The quantitative estimate of drug-likeness (QED) is 0.210. The van der Waals surface area contributed by atoms with Crippen LogP contribution in [-0.4, -0.2) is 20.4 Å². The lowest BCUT2D eigenvalue weighted by molar-refractivity contribution is 0.616. The summed E-state index contributed by atoms with van der Waals surface area (Å²) in [6.45, 7) is 2.75. The molecule has 0 unspecified atom stereocenters. The van der Waals surface area contributed by atoms with Crippen molar-refractivity contribution in [2.45, 2.75) is 13.5 Å². The number of benzene rings is 4. The van der Waals surface area contributed by atoms with E-state index in [0.29, 0.717) is 34.1 Å². The monoisotopic (exact) mass is 542 g/mol. The van der Waals surface area contributed by atoms with Crippen molar-refractivity contribution in [3.05, 3.63) is 135 Å². The number of furan rings is 1. The summed E-state index contributed by atoms with van der Waals surface area (Å²) in [5.41, 5.74) is 5.23. The van der Waals surface area contributed by atoms with Gasteiger partial charge in [-0.1, -0.05) is 72.3 Å². The molecule has 40 heavy (non-hydrogen) atoms. The minimum absolute atomic E-state index is 0.264. The molecule has 0 aliphatic rings. The smallest absolute Gasteiger partial charge is 0.282 e. The molecule has 0 saturated heterocycles. The summed E-state index contributed by atoms with van der Waals surface area (Å²) in [5, 5.41) is 7.91. The Kier molecular flexibility index (Phi) is 5.83. The Morgan fingerprint density at radius 1 is 0.900 bits per heavy atom. The van der Waals surface area contributed by atoms with Crippen molar-refractivity contribution >= 4 is 50.6 Å². The Balaban J connectivity index is 1.40. The molecule has 4 aromatic carbocycles. The average Bonchev–Trinajstić information content (AvgIpc) is 3.53. The zero-order valence-corrected chi connectivity index (χ0v) is 22.3. The maximum absolute atomic E-state index is 13.7. The maximum Gasteiger partial charge on any atom is 0.282 e. The van der Waals surface area contributed by atoms with Gasteiger partial charge in [0.05, 0.1) is 17.1 Å². The van der Waals surface area contributed by atoms with Crippen LogP contribution >= 0.6 is 11.6 Å². The van der Waals surface area contributed by atoms with Gasteiger partial charge in [0.1, 0.15) is 5.58 Å². The van der Waals surface area contributed by atoms with Crippen LogP contribution in [0.2, 0.25) is 5.02 Å². The van der Waals surface area contributed by atoms with E-state index in [9.17, 15) is 4.79 Å². The maximum atomic E-state index is 13.7. The lowest BCUT2D eigenvalue weighted by Gasteiger charge is -2.09. The fourth-order valence-electron chi connectivity index (χ4n) is 5.19. The van der Waals surface area contributed by atoms with Gasteiger partial charge in [0.2, 0.25) is 5.82 Å².